The maximum atomic E-state index is 13.5. The van der Waals surface area contributed by atoms with E-state index in [1.807, 2.05) is 0 Å². The van der Waals surface area contributed by atoms with Crippen LogP contribution in [0, 0.1) is 18.6 Å². The molecule has 0 bridgehead atoms. The monoisotopic (exact) mass is 284 g/mol. The van der Waals surface area contributed by atoms with Gasteiger partial charge < -0.3 is 10.1 Å². The predicted octanol–water partition coefficient (Wildman–Crippen LogP) is 3.26. The fourth-order valence-electron chi connectivity index (χ4n) is 1.44. The number of benzene rings is 1. The molecular formula is C12H10F2N2O2S. The van der Waals surface area contributed by atoms with Gasteiger partial charge in [-0.3, -0.25) is 0 Å². The number of methoxy groups -OCH3 is 1. The number of nitrogens with one attached hydrogen (secondary N) is 1. The molecule has 1 aromatic carbocycles. The lowest BCUT2D eigenvalue weighted by molar-refractivity contribution is 0.0605. The molecule has 0 amide bonds. The second-order valence-corrected chi connectivity index (χ2v) is 4.67. The van der Waals surface area contributed by atoms with Crippen LogP contribution in [0.4, 0.5) is 19.6 Å². The number of anilines is 2. The molecule has 0 fully saturated rings. The zero-order valence-corrected chi connectivity index (χ0v) is 11.0. The summed E-state index contributed by atoms with van der Waals surface area (Å²) in [7, 11) is 1.27. The van der Waals surface area contributed by atoms with Gasteiger partial charge in [0.05, 0.1) is 18.5 Å². The molecule has 0 radical (unpaired) electrons. The molecule has 0 aliphatic heterocycles. The Balaban J connectivity index is 2.26. The number of rotatable bonds is 3. The first-order valence-corrected chi connectivity index (χ1v) is 6.10. The lowest BCUT2D eigenvalue weighted by atomic mass is 10.3. The van der Waals surface area contributed by atoms with Crippen LogP contribution in [0.25, 0.3) is 0 Å². The summed E-state index contributed by atoms with van der Waals surface area (Å²) in [5.74, 6) is -1.89. The Kier molecular flexibility index (Phi) is 3.75. The minimum absolute atomic E-state index is 0.0894. The highest BCUT2D eigenvalue weighted by atomic mass is 32.1. The van der Waals surface area contributed by atoms with Crippen molar-refractivity contribution in [1.29, 1.82) is 0 Å². The molecular weight excluding hydrogens is 274 g/mol. The molecule has 0 spiro atoms. The molecule has 0 aliphatic carbocycles. The van der Waals surface area contributed by atoms with Gasteiger partial charge in [0.25, 0.3) is 0 Å². The Morgan fingerprint density at radius 1 is 1.42 bits per heavy atom. The number of aromatic nitrogens is 1. The Hall–Kier alpha value is -2.02. The number of carbonyl (C=O) groups is 1. The third kappa shape index (κ3) is 2.87. The Morgan fingerprint density at radius 2 is 2.16 bits per heavy atom. The highest BCUT2D eigenvalue weighted by Gasteiger charge is 2.16. The minimum atomic E-state index is -0.729. The van der Waals surface area contributed by atoms with Crippen LogP contribution in [-0.2, 0) is 4.74 Å². The van der Waals surface area contributed by atoms with Crippen molar-refractivity contribution in [3.05, 3.63) is 40.4 Å². The Bertz CT molecular complexity index is 628. The molecule has 1 N–H and O–H groups in total. The van der Waals surface area contributed by atoms with Crippen molar-refractivity contribution in [2.45, 2.75) is 6.92 Å². The van der Waals surface area contributed by atoms with Gasteiger partial charge in [-0.25, -0.2) is 18.6 Å². The second kappa shape index (κ2) is 5.31. The fourth-order valence-corrected chi connectivity index (χ4v) is 2.33. The number of halogens is 2. The van der Waals surface area contributed by atoms with Gasteiger partial charge in [0.15, 0.2) is 5.13 Å². The molecule has 100 valence electrons. The van der Waals surface area contributed by atoms with Crippen molar-refractivity contribution in [3.8, 4) is 0 Å². The number of hydrogen-bond acceptors (Lipinski definition) is 5. The number of nitrogens with zero attached hydrogens (tertiary/aromatic N) is 1. The fraction of sp³-hybridized carbons (Fsp3) is 0.167. The maximum absolute atomic E-state index is 13.5. The number of hydrogen-bond donors (Lipinski definition) is 1. The van der Waals surface area contributed by atoms with Crippen LogP contribution in [-0.4, -0.2) is 18.1 Å². The summed E-state index contributed by atoms with van der Waals surface area (Å²) in [4.78, 5) is 15.8. The minimum Gasteiger partial charge on any atom is -0.465 e. The van der Waals surface area contributed by atoms with Crippen molar-refractivity contribution in [2.75, 3.05) is 12.4 Å². The van der Waals surface area contributed by atoms with E-state index in [2.05, 4.69) is 15.0 Å². The highest BCUT2D eigenvalue weighted by Crippen LogP contribution is 2.27. The lowest BCUT2D eigenvalue weighted by Crippen LogP contribution is -1.99. The van der Waals surface area contributed by atoms with Crippen molar-refractivity contribution >= 4 is 28.1 Å². The SMILES string of the molecule is COC(=O)c1sc(Nc2ccc(F)cc2F)nc1C. The Labute approximate surface area is 112 Å². The van der Waals surface area contributed by atoms with E-state index in [1.165, 1.54) is 13.2 Å². The molecule has 7 heteroatoms. The first-order valence-electron chi connectivity index (χ1n) is 5.29. The molecule has 1 aromatic heterocycles. The van der Waals surface area contributed by atoms with Crippen molar-refractivity contribution in [2.24, 2.45) is 0 Å². The van der Waals surface area contributed by atoms with Gasteiger partial charge in [-0.2, -0.15) is 0 Å². The predicted molar refractivity (Wildman–Crippen MR) is 67.8 cm³/mol. The molecule has 0 unspecified atom stereocenters. The van der Waals surface area contributed by atoms with Crippen molar-refractivity contribution in [1.82, 2.24) is 4.98 Å². The summed E-state index contributed by atoms with van der Waals surface area (Å²) in [6, 6.07) is 3.16. The highest BCUT2D eigenvalue weighted by molar-refractivity contribution is 7.17. The molecule has 4 nitrogen and oxygen atoms in total. The van der Waals surface area contributed by atoms with Crippen LogP contribution in [0.1, 0.15) is 15.4 Å². The average Bonchev–Trinajstić information content (AvgIpc) is 2.73. The zero-order chi connectivity index (χ0) is 14.0. The van der Waals surface area contributed by atoms with E-state index >= 15 is 0 Å². The summed E-state index contributed by atoms with van der Waals surface area (Å²) < 4.78 is 30.8. The molecule has 2 rings (SSSR count). The number of esters is 1. The molecule has 2 aromatic rings. The van der Waals surface area contributed by atoms with Crippen LogP contribution >= 0.6 is 11.3 Å². The van der Waals surface area contributed by atoms with Crippen molar-refractivity contribution < 1.29 is 18.3 Å². The lowest BCUT2D eigenvalue weighted by Gasteiger charge is -2.03. The molecule has 0 aliphatic rings. The summed E-state index contributed by atoms with van der Waals surface area (Å²) >= 11 is 1.04. The number of carbonyl (C=O) groups excluding carboxylic acids is 1. The largest absolute Gasteiger partial charge is 0.465 e. The standard InChI is InChI=1S/C12H10F2N2O2S/c1-6-10(11(17)18-2)19-12(15-6)16-9-4-3-7(13)5-8(9)14/h3-5H,1-2H3,(H,15,16). The van der Waals surface area contributed by atoms with Gasteiger partial charge >= 0.3 is 5.97 Å². The first-order chi connectivity index (χ1) is 9.01. The summed E-state index contributed by atoms with van der Waals surface area (Å²) in [5.41, 5.74) is 0.577. The van der Waals surface area contributed by atoms with Crippen LogP contribution < -0.4 is 5.32 Å². The second-order valence-electron chi connectivity index (χ2n) is 3.67. The van der Waals surface area contributed by atoms with E-state index in [9.17, 15) is 13.6 Å². The van der Waals surface area contributed by atoms with Crippen LogP contribution in [0.15, 0.2) is 18.2 Å². The van der Waals surface area contributed by atoms with Crippen molar-refractivity contribution in [3.63, 3.8) is 0 Å². The van der Waals surface area contributed by atoms with Crippen LogP contribution in [0.3, 0.4) is 0 Å². The number of thiazole rings is 1. The van der Waals surface area contributed by atoms with E-state index in [0.29, 0.717) is 15.7 Å². The van der Waals surface area contributed by atoms with E-state index in [0.717, 1.165) is 23.5 Å². The number of ether oxygens (including phenoxy) is 1. The molecule has 0 saturated carbocycles. The first kappa shape index (κ1) is 13.4. The van der Waals surface area contributed by atoms with E-state index < -0.39 is 17.6 Å². The third-order valence-electron chi connectivity index (χ3n) is 2.34. The average molecular weight is 284 g/mol. The summed E-state index contributed by atoms with van der Waals surface area (Å²) in [5, 5.41) is 3.03. The topological polar surface area (TPSA) is 51.2 Å². The molecule has 0 atom stereocenters. The number of aryl methyl sites for hydroxylation is 1. The smallest absolute Gasteiger partial charge is 0.350 e. The normalized spacial score (nSPS) is 10.3. The molecule has 0 saturated heterocycles. The quantitative estimate of drug-likeness (QED) is 0.879. The van der Waals surface area contributed by atoms with Gasteiger partial charge in [0.2, 0.25) is 0 Å². The van der Waals surface area contributed by atoms with Crippen LogP contribution in [0.2, 0.25) is 0 Å². The third-order valence-corrected chi connectivity index (χ3v) is 3.39. The van der Waals surface area contributed by atoms with Crippen LogP contribution in [0.5, 0.6) is 0 Å². The maximum Gasteiger partial charge on any atom is 0.350 e. The van der Waals surface area contributed by atoms with Gasteiger partial charge in [-0.1, -0.05) is 11.3 Å². The zero-order valence-electron chi connectivity index (χ0n) is 10.2. The summed E-state index contributed by atoms with van der Waals surface area (Å²) in [6.45, 7) is 1.65. The van der Waals surface area contributed by atoms with E-state index in [-0.39, 0.29) is 5.69 Å². The molecule has 1 heterocycles. The Morgan fingerprint density at radius 3 is 2.79 bits per heavy atom. The van der Waals surface area contributed by atoms with Gasteiger partial charge in [-0.15, -0.1) is 0 Å². The molecule has 19 heavy (non-hydrogen) atoms. The van der Waals surface area contributed by atoms with E-state index in [1.54, 1.807) is 6.92 Å². The summed E-state index contributed by atoms with van der Waals surface area (Å²) in [6.07, 6.45) is 0. The van der Waals surface area contributed by atoms with Gasteiger partial charge in [0, 0.05) is 6.07 Å². The van der Waals surface area contributed by atoms with E-state index in [4.69, 9.17) is 0 Å². The van der Waals surface area contributed by atoms with Gasteiger partial charge in [-0.05, 0) is 19.1 Å². The van der Waals surface area contributed by atoms with Gasteiger partial charge in [0.1, 0.15) is 16.5 Å².